The van der Waals surface area contributed by atoms with Gasteiger partial charge in [0.25, 0.3) is 11.8 Å². The number of carbonyl (C=O) groups is 3. The standard InChI is InChI=1S/C20H16F3NO5.C2H6/c21-20(22,23)10-28-12-7-5-11(6-8-12)15-9-16(15)19(27)29-24-17(25)13-3-1-2-4-14(13)18(24)26;1-2/h1,3,5-8,15-16H,2,4,9-10H2;1-2H3. The number of amides is 2. The van der Waals surface area contributed by atoms with Crippen molar-refractivity contribution in [3.8, 4) is 5.75 Å². The Morgan fingerprint density at radius 3 is 2.42 bits per heavy atom. The van der Waals surface area contributed by atoms with Crippen LogP contribution in [0, 0.1) is 5.92 Å². The highest BCUT2D eigenvalue weighted by atomic mass is 19.4. The van der Waals surface area contributed by atoms with Crippen molar-refractivity contribution in [3.63, 3.8) is 0 Å². The van der Waals surface area contributed by atoms with Crippen LogP contribution in [0.4, 0.5) is 13.2 Å². The van der Waals surface area contributed by atoms with Gasteiger partial charge in [-0.2, -0.15) is 13.2 Å². The van der Waals surface area contributed by atoms with Gasteiger partial charge in [-0.3, -0.25) is 9.59 Å². The van der Waals surface area contributed by atoms with Crippen LogP contribution in [-0.4, -0.2) is 35.6 Å². The summed E-state index contributed by atoms with van der Waals surface area (Å²) in [5, 5.41) is 0.520. The van der Waals surface area contributed by atoms with Gasteiger partial charge in [0, 0.05) is 5.57 Å². The van der Waals surface area contributed by atoms with E-state index in [2.05, 4.69) is 4.74 Å². The lowest BCUT2D eigenvalue weighted by Crippen LogP contribution is -2.35. The van der Waals surface area contributed by atoms with E-state index in [0.29, 0.717) is 29.9 Å². The molecule has 6 nitrogen and oxygen atoms in total. The Bertz CT molecular complexity index is 933. The van der Waals surface area contributed by atoms with Gasteiger partial charge in [-0.1, -0.05) is 43.2 Å². The smallest absolute Gasteiger partial charge is 0.422 e. The minimum Gasteiger partial charge on any atom is -0.484 e. The highest BCUT2D eigenvalue weighted by Crippen LogP contribution is 2.48. The summed E-state index contributed by atoms with van der Waals surface area (Å²) >= 11 is 0. The Morgan fingerprint density at radius 1 is 1.13 bits per heavy atom. The number of rotatable bonds is 5. The van der Waals surface area contributed by atoms with Gasteiger partial charge in [-0.25, -0.2) is 4.79 Å². The number of nitrogens with zero attached hydrogens (tertiary/aromatic N) is 1. The van der Waals surface area contributed by atoms with Crippen molar-refractivity contribution in [2.24, 2.45) is 5.92 Å². The molecule has 1 aromatic carbocycles. The number of hydroxylamine groups is 2. The molecule has 1 fully saturated rings. The third-order valence-corrected chi connectivity index (χ3v) is 5.01. The summed E-state index contributed by atoms with van der Waals surface area (Å²) in [6.07, 6.45) is 0.471. The van der Waals surface area contributed by atoms with Crippen molar-refractivity contribution in [3.05, 3.63) is 53.1 Å². The molecule has 2 unspecified atom stereocenters. The lowest BCUT2D eigenvalue weighted by molar-refractivity contribution is -0.197. The van der Waals surface area contributed by atoms with Crippen molar-refractivity contribution in [2.45, 2.75) is 45.2 Å². The minimum atomic E-state index is -4.42. The van der Waals surface area contributed by atoms with E-state index in [4.69, 9.17) is 4.84 Å². The third kappa shape index (κ3) is 4.98. The van der Waals surface area contributed by atoms with E-state index in [1.165, 1.54) is 12.1 Å². The summed E-state index contributed by atoms with van der Waals surface area (Å²) in [6, 6.07) is 5.97. The molecule has 3 aliphatic rings. The normalized spacial score (nSPS) is 22.0. The first-order valence-corrected chi connectivity index (χ1v) is 10.0. The average Bonchev–Trinajstić information content (AvgIpc) is 3.53. The van der Waals surface area contributed by atoms with Crippen molar-refractivity contribution in [1.29, 1.82) is 0 Å². The molecule has 2 aliphatic carbocycles. The second-order valence-electron chi connectivity index (χ2n) is 7.07. The number of hydrogen-bond acceptors (Lipinski definition) is 5. The van der Waals surface area contributed by atoms with Crippen LogP contribution in [0.15, 0.2) is 47.6 Å². The van der Waals surface area contributed by atoms with Crippen LogP contribution in [0.5, 0.6) is 5.75 Å². The number of benzene rings is 1. The molecule has 0 bridgehead atoms. The number of halogens is 3. The quantitative estimate of drug-likeness (QED) is 0.645. The first-order chi connectivity index (χ1) is 14.7. The maximum atomic E-state index is 12.4. The Morgan fingerprint density at radius 2 is 1.81 bits per heavy atom. The van der Waals surface area contributed by atoms with Crippen LogP contribution >= 0.6 is 0 Å². The fraction of sp³-hybridized carbons (Fsp3) is 0.409. The number of imide groups is 1. The topological polar surface area (TPSA) is 72.9 Å². The minimum absolute atomic E-state index is 0.0730. The Hall–Kier alpha value is -3.10. The van der Waals surface area contributed by atoms with E-state index in [1.54, 1.807) is 24.3 Å². The molecule has 2 atom stereocenters. The van der Waals surface area contributed by atoms with Crippen molar-refractivity contribution >= 4 is 17.8 Å². The van der Waals surface area contributed by atoms with E-state index in [1.807, 2.05) is 13.8 Å². The molecule has 166 valence electrons. The van der Waals surface area contributed by atoms with Gasteiger partial charge < -0.3 is 9.57 Å². The molecule has 0 radical (unpaired) electrons. The summed E-state index contributed by atoms with van der Waals surface area (Å²) < 4.78 is 41.2. The molecule has 0 spiro atoms. The maximum Gasteiger partial charge on any atom is 0.422 e. The monoisotopic (exact) mass is 437 g/mol. The SMILES string of the molecule is CC.O=C(ON1C(=O)C2=C(CCC=C2)C1=O)C1CC1c1ccc(OCC(F)(F)F)cc1. The molecule has 4 rings (SSSR count). The zero-order valence-electron chi connectivity index (χ0n) is 17.1. The molecule has 1 aromatic rings. The van der Waals surface area contributed by atoms with Crippen molar-refractivity contribution < 1.29 is 37.1 Å². The summed E-state index contributed by atoms with van der Waals surface area (Å²) in [7, 11) is 0. The molecule has 0 aromatic heterocycles. The van der Waals surface area contributed by atoms with E-state index < -0.39 is 36.5 Å². The summed E-state index contributed by atoms with van der Waals surface area (Å²) in [5.74, 6) is -2.56. The number of allylic oxidation sites excluding steroid dienone is 1. The molecular formula is C22H22F3NO5. The molecule has 1 saturated carbocycles. The Labute approximate surface area is 177 Å². The first kappa shape index (κ1) is 22.6. The number of carbonyl (C=O) groups excluding carboxylic acids is 3. The van der Waals surface area contributed by atoms with Crippen LogP contribution < -0.4 is 4.74 Å². The van der Waals surface area contributed by atoms with Gasteiger partial charge >= 0.3 is 12.1 Å². The first-order valence-electron chi connectivity index (χ1n) is 10.0. The lowest BCUT2D eigenvalue weighted by atomic mass is 10.00. The van der Waals surface area contributed by atoms with Gasteiger partial charge in [0.15, 0.2) is 6.61 Å². The van der Waals surface area contributed by atoms with Crippen LogP contribution in [-0.2, 0) is 19.2 Å². The maximum absolute atomic E-state index is 12.4. The molecule has 1 heterocycles. The second kappa shape index (κ2) is 8.95. The highest BCUT2D eigenvalue weighted by Gasteiger charge is 2.48. The van der Waals surface area contributed by atoms with Crippen LogP contribution in [0.25, 0.3) is 0 Å². The van der Waals surface area contributed by atoms with E-state index >= 15 is 0 Å². The predicted octanol–water partition coefficient (Wildman–Crippen LogP) is 4.23. The molecule has 2 amide bonds. The predicted molar refractivity (Wildman–Crippen MR) is 104 cm³/mol. The fourth-order valence-electron chi connectivity index (χ4n) is 3.45. The van der Waals surface area contributed by atoms with E-state index in [9.17, 15) is 27.6 Å². The van der Waals surface area contributed by atoms with Gasteiger partial charge in [0.05, 0.1) is 11.5 Å². The lowest BCUT2D eigenvalue weighted by Gasteiger charge is -2.13. The van der Waals surface area contributed by atoms with Crippen molar-refractivity contribution in [2.75, 3.05) is 6.61 Å². The Balaban J connectivity index is 0.00000132. The molecule has 31 heavy (non-hydrogen) atoms. The summed E-state index contributed by atoms with van der Waals surface area (Å²) in [5.41, 5.74) is 1.36. The van der Waals surface area contributed by atoms with Gasteiger partial charge in [0.1, 0.15) is 5.75 Å². The zero-order chi connectivity index (χ0) is 22.8. The zero-order valence-corrected chi connectivity index (χ0v) is 17.1. The van der Waals surface area contributed by atoms with Gasteiger partial charge in [0.2, 0.25) is 0 Å². The fourth-order valence-corrected chi connectivity index (χ4v) is 3.45. The van der Waals surface area contributed by atoms with E-state index in [-0.39, 0.29) is 17.2 Å². The van der Waals surface area contributed by atoms with Crippen LogP contribution in [0.2, 0.25) is 0 Å². The largest absolute Gasteiger partial charge is 0.484 e. The molecule has 0 N–H and O–H groups in total. The molecular weight excluding hydrogens is 415 g/mol. The number of ether oxygens (including phenoxy) is 1. The van der Waals surface area contributed by atoms with Gasteiger partial charge in [-0.05, 0) is 42.9 Å². The van der Waals surface area contributed by atoms with Gasteiger partial charge in [-0.15, -0.1) is 0 Å². The molecule has 1 aliphatic heterocycles. The third-order valence-electron chi connectivity index (χ3n) is 5.01. The summed E-state index contributed by atoms with van der Waals surface area (Å²) in [6.45, 7) is 2.62. The average molecular weight is 437 g/mol. The number of alkyl halides is 3. The summed E-state index contributed by atoms with van der Waals surface area (Å²) in [4.78, 5) is 42.0. The molecule has 0 saturated heterocycles. The number of hydrogen-bond donors (Lipinski definition) is 0. The Kier molecular flexibility index (Phi) is 6.52. The van der Waals surface area contributed by atoms with Crippen LogP contribution in [0.1, 0.15) is 44.6 Å². The van der Waals surface area contributed by atoms with Crippen LogP contribution in [0.3, 0.4) is 0 Å². The van der Waals surface area contributed by atoms with Crippen molar-refractivity contribution in [1.82, 2.24) is 5.06 Å². The second-order valence-corrected chi connectivity index (χ2v) is 7.07. The highest BCUT2D eigenvalue weighted by molar-refractivity contribution is 6.20. The van der Waals surface area contributed by atoms with E-state index in [0.717, 1.165) is 5.56 Å². The molecule has 9 heteroatoms.